The highest BCUT2D eigenvalue weighted by Gasteiger charge is 2.39. The number of unbranched alkanes of at least 4 members (excludes halogenated alkanes) is 2. The Morgan fingerprint density at radius 1 is 0.955 bits per heavy atom. The van der Waals surface area contributed by atoms with Gasteiger partial charge in [-0.05, 0) is 95.1 Å². The number of benzene rings is 1. The minimum Gasteiger partial charge on any atom is -0.507 e. The Morgan fingerprint density at radius 2 is 1.55 bits per heavy atom. The second-order valence-electron chi connectivity index (χ2n) is 10.8. The summed E-state index contributed by atoms with van der Waals surface area (Å²) < 4.78 is 0. The van der Waals surface area contributed by atoms with Crippen molar-refractivity contribution >= 4 is 35.2 Å². The standard InChI is InChI=1S/C36H50N2O5S/c1-4-6-7-8-9-10-11-12-13-14-15-16-17-18-19-20-21-22-25-44-33(5-2)34(40)37-31-26-28(3)38(35(31)41)29-23-24-32(39)30(27-29)36(42)43/h6-7,9-10,12-13,15-16,18-19,23-24,27-28,31,33,39H,4-5,8,11,14,17,20-22,25-26H2,1-3H3,(H,37,40)(H,42,43)/b7-6-,10-9-,13-12-,16-15-,19-18-. The molecule has 3 unspecified atom stereocenters. The van der Waals surface area contributed by atoms with Crippen molar-refractivity contribution < 1.29 is 24.6 Å². The normalized spacial score (nSPS) is 18.2. The van der Waals surface area contributed by atoms with Gasteiger partial charge in [-0.15, -0.1) is 11.8 Å². The summed E-state index contributed by atoms with van der Waals surface area (Å²) >= 11 is 1.63. The van der Waals surface area contributed by atoms with Crippen LogP contribution in [0.25, 0.3) is 0 Å². The molecule has 7 nitrogen and oxygen atoms in total. The number of rotatable bonds is 20. The molecule has 1 heterocycles. The number of allylic oxidation sites excluding steroid dienone is 10. The summed E-state index contributed by atoms with van der Waals surface area (Å²) in [6.45, 7) is 5.98. The summed E-state index contributed by atoms with van der Waals surface area (Å²) in [5.41, 5.74) is 0.127. The number of carbonyl (C=O) groups excluding carboxylic acids is 2. The van der Waals surface area contributed by atoms with Crippen LogP contribution < -0.4 is 10.2 Å². The molecule has 2 rings (SSSR count). The smallest absolute Gasteiger partial charge is 0.339 e. The molecule has 1 saturated heterocycles. The highest BCUT2D eigenvalue weighted by Crippen LogP contribution is 2.31. The van der Waals surface area contributed by atoms with Crippen molar-refractivity contribution in [2.45, 2.75) is 102 Å². The lowest BCUT2D eigenvalue weighted by Crippen LogP contribution is -2.45. The molecule has 1 aliphatic heterocycles. The summed E-state index contributed by atoms with van der Waals surface area (Å²) in [7, 11) is 0. The van der Waals surface area contributed by atoms with Gasteiger partial charge in [0, 0.05) is 11.7 Å². The Hall–Kier alpha value is -3.52. The molecule has 1 aromatic carbocycles. The van der Waals surface area contributed by atoms with Gasteiger partial charge < -0.3 is 20.4 Å². The minimum atomic E-state index is -1.27. The number of carbonyl (C=O) groups is 3. The zero-order valence-corrected chi connectivity index (χ0v) is 27.3. The fourth-order valence-electron chi connectivity index (χ4n) is 4.88. The van der Waals surface area contributed by atoms with Crippen molar-refractivity contribution in [1.29, 1.82) is 0 Å². The number of hydrogen-bond donors (Lipinski definition) is 3. The third kappa shape index (κ3) is 13.0. The number of aromatic hydroxyl groups is 1. The predicted octanol–water partition coefficient (Wildman–Crippen LogP) is 8.13. The van der Waals surface area contributed by atoms with Crippen LogP contribution in [0.2, 0.25) is 0 Å². The van der Waals surface area contributed by atoms with E-state index >= 15 is 0 Å². The van der Waals surface area contributed by atoms with E-state index in [0.717, 1.165) is 57.1 Å². The third-order valence-electron chi connectivity index (χ3n) is 7.26. The molecule has 240 valence electrons. The van der Waals surface area contributed by atoms with E-state index in [2.05, 4.69) is 73.0 Å². The van der Waals surface area contributed by atoms with Crippen LogP contribution in [0.1, 0.15) is 95.3 Å². The Balaban J connectivity index is 1.63. The molecule has 0 saturated carbocycles. The molecule has 0 aromatic heterocycles. The van der Waals surface area contributed by atoms with Gasteiger partial charge in [-0.1, -0.05) is 74.6 Å². The van der Waals surface area contributed by atoms with E-state index in [1.807, 2.05) is 13.8 Å². The Bertz CT molecular complexity index is 1200. The van der Waals surface area contributed by atoms with Crippen molar-refractivity contribution in [1.82, 2.24) is 5.32 Å². The molecular weight excluding hydrogens is 572 g/mol. The first-order valence-electron chi connectivity index (χ1n) is 15.9. The maximum atomic E-state index is 13.1. The van der Waals surface area contributed by atoms with Crippen LogP contribution in [-0.2, 0) is 9.59 Å². The van der Waals surface area contributed by atoms with E-state index in [9.17, 15) is 24.6 Å². The number of nitrogens with zero attached hydrogens (tertiary/aromatic N) is 1. The zero-order chi connectivity index (χ0) is 32.2. The number of hydrogen-bond acceptors (Lipinski definition) is 5. The fraction of sp³-hybridized carbons (Fsp3) is 0.472. The van der Waals surface area contributed by atoms with Crippen molar-refractivity contribution in [3.63, 3.8) is 0 Å². The minimum absolute atomic E-state index is 0.139. The zero-order valence-electron chi connectivity index (χ0n) is 26.5. The van der Waals surface area contributed by atoms with Gasteiger partial charge in [0.1, 0.15) is 17.4 Å². The number of carboxylic acid groups (broad SMARTS) is 1. The van der Waals surface area contributed by atoms with Crippen LogP contribution in [0.15, 0.2) is 79.0 Å². The summed E-state index contributed by atoms with van der Waals surface area (Å²) in [4.78, 5) is 39.1. The second-order valence-corrected chi connectivity index (χ2v) is 12.1. The number of anilines is 1. The first kappa shape index (κ1) is 36.7. The van der Waals surface area contributed by atoms with E-state index < -0.39 is 12.0 Å². The highest BCUT2D eigenvalue weighted by molar-refractivity contribution is 8.00. The third-order valence-corrected chi connectivity index (χ3v) is 8.74. The average molecular weight is 623 g/mol. The molecule has 1 fully saturated rings. The van der Waals surface area contributed by atoms with Gasteiger partial charge in [-0.25, -0.2) is 4.79 Å². The molecule has 3 N–H and O–H groups in total. The van der Waals surface area contributed by atoms with E-state index in [0.29, 0.717) is 18.5 Å². The first-order valence-corrected chi connectivity index (χ1v) is 16.9. The highest BCUT2D eigenvalue weighted by atomic mass is 32.2. The number of phenols is 1. The summed E-state index contributed by atoms with van der Waals surface area (Å²) in [5, 5.41) is 21.8. The monoisotopic (exact) mass is 622 g/mol. The van der Waals surface area contributed by atoms with Crippen molar-refractivity contribution in [3.05, 3.63) is 84.5 Å². The maximum Gasteiger partial charge on any atom is 0.339 e. The van der Waals surface area contributed by atoms with E-state index in [-0.39, 0.29) is 34.4 Å². The Morgan fingerprint density at radius 3 is 2.11 bits per heavy atom. The summed E-state index contributed by atoms with van der Waals surface area (Å²) in [6, 6.07) is 3.20. The molecule has 0 radical (unpaired) electrons. The van der Waals surface area contributed by atoms with Gasteiger partial charge in [0.25, 0.3) is 0 Å². The summed E-state index contributed by atoms with van der Waals surface area (Å²) in [6.07, 6.45) is 31.2. The number of amides is 2. The second kappa shape index (κ2) is 21.2. The SMILES string of the molecule is CC/C=C\C/C=C\C/C=C\C/C=C\C/C=C\CCCCSC(CC)C(=O)NC1CC(C)N(c2ccc(O)c(C(=O)O)c2)C1=O. The van der Waals surface area contributed by atoms with Gasteiger partial charge in [0.2, 0.25) is 11.8 Å². The van der Waals surface area contributed by atoms with Crippen LogP contribution in [-0.4, -0.2) is 51.1 Å². The van der Waals surface area contributed by atoms with Gasteiger partial charge in [0.05, 0.1) is 5.25 Å². The first-order chi connectivity index (χ1) is 21.3. The quantitative estimate of drug-likeness (QED) is 0.100. The van der Waals surface area contributed by atoms with Gasteiger partial charge in [-0.3, -0.25) is 9.59 Å². The van der Waals surface area contributed by atoms with E-state index in [1.165, 1.54) is 23.1 Å². The van der Waals surface area contributed by atoms with Crippen LogP contribution in [0, 0.1) is 0 Å². The molecule has 0 bridgehead atoms. The summed E-state index contributed by atoms with van der Waals surface area (Å²) in [5.74, 6) is -1.16. The molecular formula is C36H50N2O5S. The van der Waals surface area contributed by atoms with Gasteiger partial charge >= 0.3 is 5.97 Å². The number of thioether (sulfide) groups is 1. The molecule has 1 aliphatic rings. The predicted molar refractivity (Wildman–Crippen MR) is 183 cm³/mol. The van der Waals surface area contributed by atoms with E-state index in [4.69, 9.17) is 0 Å². The average Bonchev–Trinajstić information content (AvgIpc) is 3.28. The lowest BCUT2D eigenvalue weighted by Gasteiger charge is -2.22. The number of aromatic carboxylic acids is 1. The number of nitrogens with one attached hydrogen (secondary N) is 1. The van der Waals surface area contributed by atoms with E-state index in [1.54, 1.807) is 11.8 Å². The van der Waals surface area contributed by atoms with Crippen LogP contribution in [0.4, 0.5) is 5.69 Å². The van der Waals surface area contributed by atoms with Crippen molar-refractivity contribution in [2.24, 2.45) is 0 Å². The molecule has 44 heavy (non-hydrogen) atoms. The van der Waals surface area contributed by atoms with Crippen LogP contribution in [0.5, 0.6) is 5.75 Å². The van der Waals surface area contributed by atoms with Crippen molar-refractivity contribution in [3.8, 4) is 5.75 Å². The molecule has 2 amide bonds. The topological polar surface area (TPSA) is 107 Å². The Kier molecular flexibility index (Phi) is 17.7. The lowest BCUT2D eigenvalue weighted by molar-refractivity contribution is -0.126. The van der Waals surface area contributed by atoms with Crippen LogP contribution >= 0.6 is 11.8 Å². The lowest BCUT2D eigenvalue weighted by atomic mass is 10.1. The molecule has 0 spiro atoms. The molecule has 3 atom stereocenters. The van der Waals surface area contributed by atoms with Gasteiger partial charge in [-0.2, -0.15) is 0 Å². The van der Waals surface area contributed by atoms with Crippen LogP contribution in [0.3, 0.4) is 0 Å². The van der Waals surface area contributed by atoms with Gasteiger partial charge in [0.15, 0.2) is 0 Å². The molecule has 8 heteroatoms. The fourth-order valence-corrected chi connectivity index (χ4v) is 5.99. The molecule has 0 aliphatic carbocycles. The Labute approximate surface area is 267 Å². The maximum absolute atomic E-state index is 13.1. The molecule has 1 aromatic rings. The van der Waals surface area contributed by atoms with Crippen molar-refractivity contribution in [2.75, 3.05) is 10.7 Å². The largest absolute Gasteiger partial charge is 0.507 e. The number of carboxylic acids is 1.